The minimum absolute atomic E-state index is 0.764. The van der Waals surface area contributed by atoms with E-state index >= 15 is 0 Å². The first-order valence-corrected chi connectivity index (χ1v) is 7.08. The van der Waals surface area contributed by atoms with Crippen molar-refractivity contribution < 1.29 is 31.7 Å². The Morgan fingerprint density at radius 1 is 1.16 bits per heavy atom. The van der Waals surface area contributed by atoms with Gasteiger partial charge in [0, 0.05) is 0 Å². The zero-order chi connectivity index (χ0) is 15.5. The molecule has 0 bridgehead atoms. The lowest BCUT2D eigenvalue weighted by molar-refractivity contribution is -0.171. The lowest BCUT2D eigenvalue weighted by atomic mass is 10.0. The molecule has 0 saturated heterocycles. The van der Waals surface area contributed by atoms with Crippen LogP contribution in [0, 0.1) is 0 Å². The zero-order valence-corrected chi connectivity index (χ0v) is 12.4. The molecule has 0 rings (SSSR count). The van der Waals surface area contributed by atoms with Crippen molar-refractivity contribution in [2.24, 2.45) is 5.73 Å². The second kappa shape index (κ2) is 5.85. The molecule has 0 radical (unpaired) electrons. The number of hydrogen-bond acceptors (Lipinski definition) is 8. The van der Waals surface area contributed by atoms with Crippen molar-refractivity contribution in [3.8, 4) is 0 Å². The van der Waals surface area contributed by atoms with Crippen LogP contribution in [0.25, 0.3) is 0 Å². The average Bonchev–Trinajstić information content (AvgIpc) is 2.21. The van der Waals surface area contributed by atoms with Crippen LogP contribution in [-0.4, -0.2) is 51.5 Å². The first kappa shape index (κ1) is 17.8. The Bertz CT molecular complexity index is 451. The molecule has 0 aliphatic rings. The third kappa shape index (κ3) is 5.99. The van der Waals surface area contributed by atoms with Crippen LogP contribution in [0.15, 0.2) is 0 Å². The topological polar surface area (TPSA) is 122 Å². The van der Waals surface area contributed by atoms with Crippen molar-refractivity contribution in [2.45, 2.75) is 31.9 Å². The van der Waals surface area contributed by atoms with Gasteiger partial charge in [0.25, 0.3) is 10.1 Å². The van der Waals surface area contributed by atoms with Gasteiger partial charge in [0.15, 0.2) is 0 Å². The van der Waals surface area contributed by atoms with Gasteiger partial charge in [-0.2, -0.15) is 8.42 Å². The van der Waals surface area contributed by atoms with Crippen LogP contribution in [0.3, 0.4) is 0 Å². The molecule has 0 unspecified atom stereocenters. The van der Waals surface area contributed by atoms with Crippen LogP contribution in [0.5, 0.6) is 0 Å². The van der Waals surface area contributed by atoms with Gasteiger partial charge in [0.2, 0.25) is 5.54 Å². The molecule has 0 heterocycles. The SMILES string of the molecule is COC(=O)[C@@](N)(COS(C)(=O)=O)C(=O)OC(C)(C)C. The Hall–Kier alpha value is -1.19. The van der Waals surface area contributed by atoms with E-state index in [4.69, 9.17) is 10.5 Å². The van der Waals surface area contributed by atoms with Gasteiger partial charge in [-0.1, -0.05) is 0 Å². The average molecular weight is 297 g/mol. The summed E-state index contributed by atoms with van der Waals surface area (Å²) >= 11 is 0. The van der Waals surface area contributed by atoms with E-state index in [1.165, 1.54) is 0 Å². The Morgan fingerprint density at radius 3 is 1.95 bits per heavy atom. The molecular weight excluding hydrogens is 278 g/mol. The Balaban J connectivity index is 5.19. The summed E-state index contributed by atoms with van der Waals surface area (Å²) in [4.78, 5) is 23.4. The van der Waals surface area contributed by atoms with Gasteiger partial charge in [-0.05, 0) is 20.8 Å². The van der Waals surface area contributed by atoms with Crippen LogP contribution in [0.1, 0.15) is 20.8 Å². The second-order valence-electron chi connectivity index (χ2n) is 4.93. The molecule has 0 aliphatic heterocycles. The first-order valence-electron chi connectivity index (χ1n) is 5.27. The van der Waals surface area contributed by atoms with E-state index in [1.54, 1.807) is 20.8 Å². The molecule has 0 saturated carbocycles. The fourth-order valence-electron chi connectivity index (χ4n) is 0.952. The maximum absolute atomic E-state index is 11.9. The highest BCUT2D eigenvalue weighted by atomic mass is 32.2. The number of ether oxygens (including phenoxy) is 2. The quantitative estimate of drug-likeness (QED) is 0.396. The summed E-state index contributed by atoms with van der Waals surface area (Å²) in [5.41, 5.74) is 2.33. The number of esters is 2. The largest absolute Gasteiger partial charge is 0.467 e. The highest BCUT2D eigenvalue weighted by Crippen LogP contribution is 2.15. The van der Waals surface area contributed by atoms with E-state index in [-0.39, 0.29) is 0 Å². The van der Waals surface area contributed by atoms with Gasteiger partial charge >= 0.3 is 11.9 Å². The summed E-state index contributed by atoms with van der Waals surface area (Å²) < 4.78 is 35.6. The second-order valence-corrected chi connectivity index (χ2v) is 6.58. The van der Waals surface area contributed by atoms with E-state index in [0.29, 0.717) is 0 Å². The van der Waals surface area contributed by atoms with Crippen molar-refractivity contribution in [1.82, 2.24) is 0 Å². The maximum atomic E-state index is 11.9. The summed E-state index contributed by atoms with van der Waals surface area (Å²) in [6.07, 6.45) is 0.764. The van der Waals surface area contributed by atoms with Gasteiger partial charge in [-0.15, -0.1) is 0 Å². The van der Waals surface area contributed by atoms with Crippen LogP contribution in [0.2, 0.25) is 0 Å². The normalized spacial score (nSPS) is 15.5. The number of methoxy groups -OCH3 is 1. The lowest BCUT2D eigenvalue weighted by Gasteiger charge is -2.28. The third-order valence-electron chi connectivity index (χ3n) is 1.81. The molecule has 0 fully saturated rings. The fourth-order valence-corrected chi connectivity index (χ4v) is 1.35. The summed E-state index contributed by atoms with van der Waals surface area (Å²) in [6, 6.07) is 0. The fraction of sp³-hybridized carbons (Fsp3) is 0.800. The Labute approximate surface area is 112 Å². The molecule has 0 amide bonds. The molecule has 9 heteroatoms. The van der Waals surface area contributed by atoms with E-state index < -0.39 is 39.8 Å². The molecule has 0 spiro atoms. The number of carbonyl (C=O) groups excluding carboxylic acids is 2. The van der Waals surface area contributed by atoms with Crippen LogP contribution >= 0.6 is 0 Å². The summed E-state index contributed by atoms with van der Waals surface area (Å²) in [7, 11) is -2.86. The minimum atomic E-state index is -3.87. The summed E-state index contributed by atoms with van der Waals surface area (Å²) in [5.74, 6) is -2.28. The number of rotatable bonds is 5. The van der Waals surface area contributed by atoms with Crippen molar-refractivity contribution in [1.29, 1.82) is 0 Å². The van der Waals surface area contributed by atoms with Gasteiger partial charge in [0.05, 0.1) is 13.4 Å². The summed E-state index contributed by atoms with van der Waals surface area (Å²) in [6.45, 7) is 3.81. The van der Waals surface area contributed by atoms with Crippen molar-refractivity contribution >= 4 is 22.1 Å². The molecule has 0 aromatic rings. The molecule has 0 aliphatic carbocycles. The molecule has 1 atom stereocenters. The number of nitrogens with two attached hydrogens (primary N) is 1. The Kier molecular flexibility index (Phi) is 5.48. The standard InChI is InChI=1S/C10H19NO7S/c1-9(2,3)18-8(13)10(11,7(12)16-4)6-17-19(5,14)15/h6,11H2,1-5H3/t10-/m0/s1. The number of carbonyl (C=O) groups is 2. The smallest absolute Gasteiger partial charge is 0.340 e. The number of hydrogen-bond donors (Lipinski definition) is 1. The predicted molar refractivity (Wildman–Crippen MR) is 65.6 cm³/mol. The lowest BCUT2D eigenvalue weighted by Crippen LogP contribution is -2.61. The highest BCUT2D eigenvalue weighted by Gasteiger charge is 2.47. The van der Waals surface area contributed by atoms with Crippen LogP contribution < -0.4 is 5.73 Å². The molecule has 112 valence electrons. The predicted octanol–water partition coefficient (Wildman–Crippen LogP) is -0.825. The molecule has 19 heavy (non-hydrogen) atoms. The Morgan fingerprint density at radius 2 is 1.63 bits per heavy atom. The summed E-state index contributed by atoms with van der Waals surface area (Å²) in [5, 5.41) is 0. The van der Waals surface area contributed by atoms with Crippen molar-refractivity contribution in [3.63, 3.8) is 0 Å². The molecule has 2 N–H and O–H groups in total. The highest BCUT2D eigenvalue weighted by molar-refractivity contribution is 7.85. The van der Waals surface area contributed by atoms with Gasteiger partial charge in [-0.3, -0.25) is 4.18 Å². The maximum Gasteiger partial charge on any atom is 0.340 e. The first-order chi connectivity index (χ1) is 8.32. The molecule has 0 aromatic heterocycles. The van der Waals surface area contributed by atoms with E-state index in [1.807, 2.05) is 0 Å². The van der Waals surface area contributed by atoms with Crippen molar-refractivity contribution in [2.75, 3.05) is 20.0 Å². The zero-order valence-electron chi connectivity index (χ0n) is 11.6. The van der Waals surface area contributed by atoms with Crippen LogP contribution in [-0.2, 0) is 33.4 Å². The van der Waals surface area contributed by atoms with Gasteiger partial charge < -0.3 is 15.2 Å². The molecular formula is C10H19NO7S. The van der Waals surface area contributed by atoms with E-state index in [2.05, 4.69) is 8.92 Å². The minimum Gasteiger partial charge on any atom is -0.467 e. The van der Waals surface area contributed by atoms with Gasteiger partial charge in [0.1, 0.15) is 12.2 Å². The molecule has 8 nitrogen and oxygen atoms in total. The molecule has 0 aromatic carbocycles. The van der Waals surface area contributed by atoms with E-state index in [9.17, 15) is 18.0 Å². The third-order valence-corrected chi connectivity index (χ3v) is 2.36. The monoisotopic (exact) mass is 297 g/mol. The van der Waals surface area contributed by atoms with Crippen LogP contribution in [0.4, 0.5) is 0 Å². The van der Waals surface area contributed by atoms with E-state index in [0.717, 1.165) is 13.4 Å². The van der Waals surface area contributed by atoms with Crippen molar-refractivity contribution in [3.05, 3.63) is 0 Å². The van der Waals surface area contributed by atoms with Gasteiger partial charge in [-0.25, -0.2) is 9.59 Å².